The van der Waals surface area contributed by atoms with E-state index < -0.39 is 0 Å². The van der Waals surface area contributed by atoms with Crippen LogP contribution >= 0.6 is 0 Å². The smallest absolute Gasteiger partial charge is 0.291 e. The minimum atomic E-state index is -0.261. The first-order valence-corrected chi connectivity index (χ1v) is 8.90. The monoisotopic (exact) mass is 338 g/mol. The summed E-state index contributed by atoms with van der Waals surface area (Å²) in [6.07, 6.45) is 4.87. The number of amides is 2. The summed E-state index contributed by atoms with van der Waals surface area (Å²) in [6.45, 7) is 2.68. The number of anilines is 1. The molecule has 1 aromatic heterocycles. The minimum Gasteiger partial charge on any atom is -0.348 e. The third-order valence-corrected chi connectivity index (χ3v) is 4.84. The van der Waals surface area contributed by atoms with Crippen LogP contribution in [0.25, 0.3) is 0 Å². The largest absolute Gasteiger partial charge is 0.348 e. The molecule has 25 heavy (non-hydrogen) atoms. The van der Waals surface area contributed by atoms with Crippen LogP contribution in [0.5, 0.6) is 0 Å². The zero-order chi connectivity index (χ0) is 17.4. The molecular formula is C19H22N4O2. The summed E-state index contributed by atoms with van der Waals surface area (Å²) >= 11 is 0. The second-order valence-electron chi connectivity index (χ2n) is 6.86. The number of rotatable bonds is 4. The Balaban J connectivity index is 1.64. The van der Waals surface area contributed by atoms with E-state index in [1.165, 1.54) is 0 Å². The Morgan fingerprint density at radius 1 is 1.16 bits per heavy atom. The number of nitrogens with one attached hydrogen (secondary N) is 2. The van der Waals surface area contributed by atoms with Gasteiger partial charge in [-0.05, 0) is 50.7 Å². The van der Waals surface area contributed by atoms with Gasteiger partial charge >= 0.3 is 0 Å². The first-order valence-electron chi connectivity index (χ1n) is 8.90. The Morgan fingerprint density at radius 2 is 1.96 bits per heavy atom. The Kier molecular flexibility index (Phi) is 4.03. The maximum absolute atomic E-state index is 12.8. The van der Waals surface area contributed by atoms with E-state index in [9.17, 15) is 9.59 Å². The van der Waals surface area contributed by atoms with E-state index in [1.54, 1.807) is 0 Å². The second kappa shape index (κ2) is 6.35. The molecule has 1 aliphatic heterocycles. The van der Waals surface area contributed by atoms with Crippen LogP contribution in [-0.2, 0) is 13.0 Å². The van der Waals surface area contributed by atoms with Crippen LogP contribution in [0.1, 0.15) is 58.0 Å². The molecule has 0 radical (unpaired) electrons. The number of carbonyl (C=O) groups is 2. The van der Waals surface area contributed by atoms with Crippen molar-refractivity contribution in [3.8, 4) is 0 Å². The highest BCUT2D eigenvalue weighted by atomic mass is 16.2. The summed E-state index contributed by atoms with van der Waals surface area (Å²) in [6, 6.07) is 7.91. The van der Waals surface area contributed by atoms with Crippen molar-refractivity contribution in [1.82, 2.24) is 14.9 Å². The molecule has 6 heteroatoms. The molecule has 2 amide bonds. The summed E-state index contributed by atoms with van der Waals surface area (Å²) in [5, 5.41) is 5.91. The number of nitrogens with zero attached hydrogens (tertiary/aromatic N) is 2. The topological polar surface area (TPSA) is 76.0 Å². The maximum Gasteiger partial charge on any atom is 0.291 e. The van der Waals surface area contributed by atoms with E-state index in [0.717, 1.165) is 55.6 Å². The van der Waals surface area contributed by atoms with Crippen molar-refractivity contribution in [3.05, 3.63) is 47.0 Å². The first-order chi connectivity index (χ1) is 12.1. The van der Waals surface area contributed by atoms with Gasteiger partial charge in [0.15, 0.2) is 5.82 Å². The van der Waals surface area contributed by atoms with Crippen LogP contribution in [0, 0.1) is 6.92 Å². The van der Waals surface area contributed by atoms with Crippen LogP contribution < -0.4 is 10.6 Å². The number of carbonyl (C=O) groups excluding carboxylic acids is 2. The highest BCUT2D eigenvalue weighted by Gasteiger charge is 2.30. The molecule has 1 fully saturated rings. The maximum atomic E-state index is 12.8. The molecule has 1 saturated carbocycles. The molecule has 0 saturated heterocycles. The Labute approximate surface area is 146 Å². The lowest BCUT2D eigenvalue weighted by Gasteiger charge is -2.17. The average Bonchev–Trinajstić information content (AvgIpc) is 3.33. The van der Waals surface area contributed by atoms with E-state index in [4.69, 9.17) is 0 Å². The number of hydrogen-bond donors (Lipinski definition) is 2. The summed E-state index contributed by atoms with van der Waals surface area (Å²) in [5.41, 5.74) is 3.07. The van der Waals surface area contributed by atoms with Crippen molar-refractivity contribution in [1.29, 1.82) is 0 Å². The first kappa shape index (κ1) is 15.9. The Hall–Kier alpha value is -2.63. The molecule has 4 rings (SSSR count). The third-order valence-electron chi connectivity index (χ3n) is 4.84. The normalized spacial score (nSPS) is 16.2. The van der Waals surface area contributed by atoms with Gasteiger partial charge in [-0.1, -0.05) is 18.2 Å². The van der Waals surface area contributed by atoms with Crippen molar-refractivity contribution in [2.75, 3.05) is 5.32 Å². The molecule has 1 aromatic carbocycles. The Bertz CT molecular complexity index is 836. The fourth-order valence-corrected chi connectivity index (χ4v) is 3.27. The van der Waals surface area contributed by atoms with Crippen molar-refractivity contribution >= 4 is 17.5 Å². The molecule has 0 unspecified atom stereocenters. The highest BCUT2D eigenvalue weighted by molar-refractivity contribution is 6.04. The van der Waals surface area contributed by atoms with Crippen molar-refractivity contribution in [3.63, 3.8) is 0 Å². The zero-order valence-corrected chi connectivity index (χ0v) is 14.3. The predicted molar refractivity (Wildman–Crippen MR) is 94.8 cm³/mol. The minimum absolute atomic E-state index is 0.150. The standard InChI is InChI=1S/C19H22N4O2/c1-12-6-2-3-7-14(12)21-19(25)17-22-16(18(24)20-13-9-10-13)15-8-4-5-11-23(15)17/h2-3,6-7,13H,4-5,8-11H2,1H3,(H,20,24)(H,21,25). The molecular weight excluding hydrogens is 316 g/mol. The number of aromatic nitrogens is 2. The number of imidazole rings is 1. The van der Waals surface area contributed by atoms with E-state index in [-0.39, 0.29) is 17.9 Å². The van der Waals surface area contributed by atoms with Crippen molar-refractivity contribution < 1.29 is 9.59 Å². The second-order valence-corrected chi connectivity index (χ2v) is 6.86. The van der Waals surface area contributed by atoms with Gasteiger partial charge < -0.3 is 15.2 Å². The van der Waals surface area contributed by atoms with Crippen molar-refractivity contribution in [2.45, 2.75) is 51.6 Å². The Morgan fingerprint density at radius 3 is 2.72 bits per heavy atom. The fourth-order valence-electron chi connectivity index (χ4n) is 3.27. The van der Waals surface area contributed by atoms with Gasteiger partial charge in [0.1, 0.15) is 5.69 Å². The van der Waals surface area contributed by atoms with Gasteiger partial charge in [-0.3, -0.25) is 9.59 Å². The average molecular weight is 338 g/mol. The van der Waals surface area contributed by atoms with Crippen molar-refractivity contribution in [2.24, 2.45) is 0 Å². The lowest BCUT2D eigenvalue weighted by molar-refractivity contribution is 0.0945. The van der Waals surface area contributed by atoms with E-state index >= 15 is 0 Å². The molecule has 6 nitrogen and oxygen atoms in total. The van der Waals surface area contributed by atoms with Gasteiger partial charge in [-0.2, -0.15) is 0 Å². The van der Waals surface area contributed by atoms with Gasteiger partial charge in [-0.25, -0.2) is 4.98 Å². The highest BCUT2D eigenvalue weighted by Crippen LogP contribution is 2.24. The van der Waals surface area contributed by atoms with Crippen LogP contribution in [-0.4, -0.2) is 27.4 Å². The molecule has 1 aliphatic carbocycles. The molecule has 2 heterocycles. The molecule has 130 valence electrons. The van der Waals surface area contributed by atoms with Crippen LogP contribution in [0.3, 0.4) is 0 Å². The third kappa shape index (κ3) is 3.16. The molecule has 2 aromatic rings. The van der Waals surface area contributed by atoms with E-state index in [2.05, 4.69) is 15.6 Å². The van der Waals surface area contributed by atoms with E-state index in [1.807, 2.05) is 35.8 Å². The quantitative estimate of drug-likeness (QED) is 0.900. The molecule has 0 bridgehead atoms. The number of benzene rings is 1. The summed E-state index contributed by atoms with van der Waals surface area (Å²) < 4.78 is 1.92. The van der Waals surface area contributed by atoms with Gasteiger partial charge in [-0.15, -0.1) is 0 Å². The molecule has 0 atom stereocenters. The lowest BCUT2D eigenvalue weighted by Crippen LogP contribution is -2.27. The predicted octanol–water partition coefficient (Wildman–Crippen LogP) is 2.67. The number of aryl methyl sites for hydroxylation is 1. The van der Waals surface area contributed by atoms with Crippen LogP contribution in [0.15, 0.2) is 24.3 Å². The summed E-state index contributed by atoms with van der Waals surface area (Å²) in [7, 11) is 0. The van der Waals surface area contributed by atoms with Gasteiger partial charge in [0.2, 0.25) is 0 Å². The van der Waals surface area contributed by atoms with Gasteiger partial charge in [0.05, 0.1) is 5.69 Å². The molecule has 2 N–H and O–H groups in total. The fraction of sp³-hybridized carbons (Fsp3) is 0.421. The van der Waals surface area contributed by atoms with Crippen LogP contribution in [0.2, 0.25) is 0 Å². The lowest BCUT2D eigenvalue weighted by atomic mass is 10.1. The van der Waals surface area contributed by atoms with Gasteiger partial charge in [0, 0.05) is 18.3 Å². The number of para-hydroxylation sites is 1. The van der Waals surface area contributed by atoms with Gasteiger partial charge in [0.25, 0.3) is 11.8 Å². The SMILES string of the molecule is Cc1ccccc1NC(=O)c1nc(C(=O)NC2CC2)c2n1CCCC2. The molecule has 2 aliphatic rings. The number of fused-ring (bicyclic) bond motifs is 1. The zero-order valence-electron chi connectivity index (χ0n) is 14.3. The summed E-state index contributed by atoms with van der Waals surface area (Å²) in [5.74, 6) is -0.0788. The molecule has 0 spiro atoms. The number of hydrogen-bond acceptors (Lipinski definition) is 3. The van der Waals surface area contributed by atoms with Crippen LogP contribution in [0.4, 0.5) is 5.69 Å². The summed E-state index contributed by atoms with van der Waals surface area (Å²) in [4.78, 5) is 29.7. The van der Waals surface area contributed by atoms with E-state index in [0.29, 0.717) is 11.5 Å².